The van der Waals surface area contributed by atoms with Crippen molar-refractivity contribution in [1.29, 1.82) is 0 Å². The van der Waals surface area contributed by atoms with Gasteiger partial charge in [-0.2, -0.15) is 5.10 Å². The van der Waals surface area contributed by atoms with Crippen molar-refractivity contribution in [3.05, 3.63) is 48.5 Å². The lowest BCUT2D eigenvalue weighted by Gasteiger charge is -2.21. The molecular formula is C25H28N10O. The van der Waals surface area contributed by atoms with Crippen molar-refractivity contribution in [3.63, 3.8) is 0 Å². The molecule has 5 heterocycles. The fourth-order valence-electron chi connectivity index (χ4n) is 4.55. The van der Waals surface area contributed by atoms with Gasteiger partial charge >= 0.3 is 0 Å². The molecule has 11 nitrogen and oxygen atoms in total. The number of carbonyl (C=O) groups is 1. The summed E-state index contributed by atoms with van der Waals surface area (Å²) in [7, 11) is 0. The number of tetrazole rings is 1. The van der Waals surface area contributed by atoms with Crippen molar-refractivity contribution in [1.82, 2.24) is 40.0 Å². The second kappa shape index (κ2) is 9.14. The van der Waals surface area contributed by atoms with Crippen molar-refractivity contribution in [3.8, 4) is 22.6 Å². The highest BCUT2D eigenvalue weighted by Crippen LogP contribution is 2.37. The quantitative estimate of drug-likeness (QED) is 0.421. The fourth-order valence-corrected chi connectivity index (χ4v) is 4.55. The van der Waals surface area contributed by atoms with Crippen molar-refractivity contribution < 1.29 is 4.79 Å². The second-order valence-corrected chi connectivity index (χ2v) is 9.62. The van der Waals surface area contributed by atoms with Crippen LogP contribution in [0.3, 0.4) is 0 Å². The molecule has 184 valence electrons. The minimum Gasteiger partial charge on any atom is -0.370 e. The molecule has 0 unspecified atom stereocenters. The summed E-state index contributed by atoms with van der Waals surface area (Å²) in [5.74, 6) is 0.625. The van der Waals surface area contributed by atoms with Gasteiger partial charge in [-0.1, -0.05) is 6.07 Å². The highest BCUT2D eigenvalue weighted by molar-refractivity contribution is 6.03. The Hall–Kier alpha value is -4.15. The van der Waals surface area contributed by atoms with Crippen LogP contribution in [0, 0.1) is 0 Å². The first-order chi connectivity index (χ1) is 17.6. The number of nitrogens with zero attached hydrogens (tertiary/aromatic N) is 9. The van der Waals surface area contributed by atoms with Gasteiger partial charge < -0.3 is 10.2 Å². The van der Waals surface area contributed by atoms with E-state index in [-0.39, 0.29) is 11.9 Å². The first-order valence-electron chi connectivity index (χ1n) is 12.4. The van der Waals surface area contributed by atoms with Crippen molar-refractivity contribution in [2.24, 2.45) is 0 Å². The predicted octanol–water partition coefficient (Wildman–Crippen LogP) is 3.76. The van der Waals surface area contributed by atoms with Gasteiger partial charge in [0.1, 0.15) is 17.2 Å². The van der Waals surface area contributed by atoms with Crippen LogP contribution in [0.25, 0.3) is 22.6 Å². The SMILES string of the molecule is CC(C)n1nnnc1-c1cccc(NC(=O)c2cc(-c3cnn(C4CC4)c3)c(N3CCCC3)cn2)n1. The number of hydrogen-bond donors (Lipinski definition) is 1. The molecule has 2 aliphatic rings. The summed E-state index contributed by atoms with van der Waals surface area (Å²) in [6, 6.07) is 7.81. The van der Waals surface area contributed by atoms with Gasteiger partial charge in [-0.15, -0.1) is 5.10 Å². The van der Waals surface area contributed by atoms with Crippen LogP contribution in [-0.2, 0) is 0 Å². The van der Waals surface area contributed by atoms with E-state index in [1.807, 2.05) is 49.1 Å². The molecule has 2 fully saturated rings. The predicted molar refractivity (Wildman–Crippen MR) is 135 cm³/mol. The van der Waals surface area contributed by atoms with E-state index in [4.69, 9.17) is 0 Å². The van der Waals surface area contributed by atoms with Gasteiger partial charge in [-0.3, -0.25) is 9.48 Å². The highest BCUT2D eigenvalue weighted by atomic mass is 16.1. The monoisotopic (exact) mass is 484 g/mol. The fraction of sp³-hybridized carbons (Fsp3) is 0.400. The van der Waals surface area contributed by atoms with E-state index in [0.717, 1.165) is 42.7 Å². The third-order valence-corrected chi connectivity index (χ3v) is 6.60. The van der Waals surface area contributed by atoms with Gasteiger partial charge in [0.25, 0.3) is 5.91 Å². The van der Waals surface area contributed by atoms with E-state index in [2.05, 4.69) is 47.0 Å². The Balaban J connectivity index is 1.29. The van der Waals surface area contributed by atoms with Crippen molar-refractivity contribution >= 4 is 17.4 Å². The first-order valence-corrected chi connectivity index (χ1v) is 12.4. The number of rotatable bonds is 7. The van der Waals surface area contributed by atoms with Crippen molar-refractivity contribution in [2.45, 2.75) is 51.6 Å². The average Bonchev–Trinajstić information content (AvgIpc) is 3.30. The molecule has 0 bridgehead atoms. The Labute approximate surface area is 208 Å². The Kier molecular flexibility index (Phi) is 5.67. The van der Waals surface area contributed by atoms with Gasteiger partial charge in [0.2, 0.25) is 5.82 Å². The topological polar surface area (TPSA) is 120 Å². The average molecular weight is 485 g/mol. The number of hydrogen-bond acceptors (Lipinski definition) is 8. The number of carbonyl (C=O) groups excluding carboxylic acids is 1. The van der Waals surface area contributed by atoms with Gasteiger partial charge in [0.05, 0.1) is 30.2 Å². The van der Waals surface area contributed by atoms with E-state index in [1.54, 1.807) is 10.7 Å². The van der Waals surface area contributed by atoms with E-state index < -0.39 is 0 Å². The number of anilines is 2. The zero-order chi connectivity index (χ0) is 24.6. The normalized spacial score (nSPS) is 15.6. The lowest BCUT2D eigenvalue weighted by molar-refractivity contribution is 0.102. The summed E-state index contributed by atoms with van der Waals surface area (Å²) in [5, 5.41) is 19.4. The summed E-state index contributed by atoms with van der Waals surface area (Å²) in [6.07, 6.45) is 10.4. The minimum atomic E-state index is -0.327. The number of amides is 1. The summed E-state index contributed by atoms with van der Waals surface area (Å²) in [6.45, 7) is 5.97. The first kappa shape index (κ1) is 22.3. The van der Waals surface area contributed by atoms with Gasteiger partial charge in [0.15, 0.2) is 0 Å². The molecular weight excluding hydrogens is 456 g/mol. The van der Waals surface area contributed by atoms with Crippen molar-refractivity contribution in [2.75, 3.05) is 23.3 Å². The van der Waals surface area contributed by atoms with Crippen LogP contribution < -0.4 is 10.2 Å². The van der Waals surface area contributed by atoms with Crippen LogP contribution in [0.5, 0.6) is 0 Å². The van der Waals surface area contributed by atoms with E-state index in [1.165, 1.54) is 12.8 Å². The van der Waals surface area contributed by atoms with E-state index in [9.17, 15) is 4.79 Å². The molecule has 0 aromatic carbocycles. The van der Waals surface area contributed by atoms with E-state index in [0.29, 0.717) is 29.1 Å². The number of aromatic nitrogens is 8. The maximum Gasteiger partial charge on any atom is 0.275 e. The third-order valence-electron chi connectivity index (χ3n) is 6.60. The molecule has 36 heavy (non-hydrogen) atoms. The molecule has 6 rings (SSSR count). The summed E-state index contributed by atoms with van der Waals surface area (Å²) >= 11 is 0. The standard InChI is InChI=1S/C25H28N10O/c1-16(2)35-24(30-31-32-35)20-6-5-7-23(28-20)29-25(36)21-12-19(17-13-27-34(15-17)18-8-9-18)22(14-26-21)33-10-3-4-11-33/h5-7,12-16,18H,3-4,8-11H2,1-2H3,(H,28,29,36). The molecule has 1 saturated heterocycles. The largest absolute Gasteiger partial charge is 0.370 e. The maximum atomic E-state index is 13.2. The Morgan fingerprint density at radius 3 is 2.75 bits per heavy atom. The van der Waals surface area contributed by atoms with Crippen LogP contribution >= 0.6 is 0 Å². The Morgan fingerprint density at radius 1 is 1.14 bits per heavy atom. The molecule has 0 atom stereocenters. The molecule has 0 radical (unpaired) electrons. The summed E-state index contributed by atoms with van der Waals surface area (Å²) < 4.78 is 3.73. The molecule has 1 aliphatic heterocycles. The zero-order valence-electron chi connectivity index (χ0n) is 20.4. The molecule has 4 aromatic heterocycles. The summed E-state index contributed by atoms with van der Waals surface area (Å²) in [4.78, 5) is 24.7. The highest BCUT2D eigenvalue weighted by Gasteiger charge is 2.26. The van der Waals surface area contributed by atoms with E-state index >= 15 is 0 Å². The number of pyridine rings is 2. The minimum absolute atomic E-state index is 0.0797. The van der Waals surface area contributed by atoms with Gasteiger partial charge in [-0.25, -0.2) is 14.6 Å². The maximum absolute atomic E-state index is 13.2. The molecule has 1 aliphatic carbocycles. The van der Waals surface area contributed by atoms with Crippen LogP contribution in [0.15, 0.2) is 42.9 Å². The smallest absolute Gasteiger partial charge is 0.275 e. The van der Waals surface area contributed by atoms with Crippen LogP contribution in [0.4, 0.5) is 11.5 Å². The third kappa shape index (κ3) is 4.32. The Bertz CT molecular complexity index is 1400. The van der Waals surface area contributed by atoms with Gasteiger partial charge in [0, 0.05) is 30.4 Å². The second-order valence-electron chi connectivity index (χ2n) is 9.62. The van der Waals surface area contributed by atoms with Crippen LogP contribution in [-0.4, -0.2) is 59.0 Å². The Morgan fingerprint density at radius 2 is 1.97 bits per heavy atom. The lowest BCUT2D eigenvalue weighted by Crippen LogP contribution is -2.20. The molecule has 1 saturated carbocycles. The molecule has 11 heteroatoms. The molecule has 4 aromatic rings. The number of nitrogens with one attached hydrogen (secondary N) is 1. The lowest BCUT2D eigenvalue weighted by atomic mass is 10.1. The van der Waals surface area contributed by atoms with Gasteiger partial charge in [-0.05, 0) is 68.2 Å². The van der Waals surface area contributed by atoms with Crippen LogP contribution in [0.1, 0.15) is 62.1 Å². The zero-order valence-corrected chi connectivity index (χ0v) is 20.4. The summed E-state index contributed by atoms with van der Waals surface area (Å²) in [5.41, 5.74) is 3.92. The molecule has 1 amide bonds. The van der Waals surface area contributed by atoms with Crippen LogP contribution in [0.2, 0.25) is 0 Å². The molecule has 0 spiro atoms. The molecule has 1 N–H and O–H groups in total.